The van der Waals surface area contributed by atoms with Crippen LogP contribution < -0.4 is 10.1 Å². The van der Waals surface area contributed by atoms with Gasteiger partial charge in [-0.25, -0.2) is 14.6 Å². The highest BCUT2D eigenvalue weighted by Gasteiger charge is 2.33. The summed E-state index contributed by atoms with van der Waals surface area (Å²) in [6.45, 7) is 2.43. The van der Waals surface area contributed by atoms with E-state index < -0.39 is 5.97 Å². The lowest BCUT2D eigenvalue weighted by Gasteiger charge is -2.22. The molecule has 0 spiro atoms. The summed E-state index contributed by atoms with van der Waals surface area (Å²) in [5, 5.41) is 5.27. The van der Waals surface area contributed by atoms with Gasteiger partial charge in [-0.2, -0.15) is 0 Å². The van der Waals surface area contributed by atoms with E-state index in [1.54, 1.807) is 30.4 Å². The van der Waals surface area contributed by atoms with E-state index in [-0.39, 0.29) is 17.8 Å². The number of amides is 2. The molecule has 1 saturated carbocycles. The molecule has 1 aliphatic carbocycles. The van der Waals surface area contributed by atoms with Gasteiger partial charge in [-0.05, 0) is 31.9 Å². The number of carbonyl (C=O) groups is 2. The van der Waals surface area contributed by atoms with Crippen molar-refractivity contribution in [2.75, 3.05) is 19.0 Å². The summed E-state index contributed by atoms with van der Waals surface area (Å²) < 4.78 is 10.1. The standard InChI is InChI=1S/C18H21N3O4S/c1-3-25-17(22)15-11-26-16(20-15)10-21(13-7-8-13)18(23)19-12-5-4-6-14(9-12)24-2/h4-6,9,11,13H,3,7-8,10H2,1-2H3,(H,19,23). The lowest BCUT2D eigenvalue weighted by molar-refractivity contribution is 0.0520. The molecule has 8 heteroatoms. The molecular formula is C18H21N3O4S. The molecule has 1 aromatic carbocycles. The molecule has 0 saturated heterocycles. The molecule has 2 amide bonds. The fourth-order valence-electron chi connectivity index (χ4n) is 2.48. The van der Waals surface area contributed by atoms with Gasteiger partial charge in [-0.15, -0.1) is 11.3 Å². The number of ether oxygens (including phenoxy) is 2. The minimum absolute atomic E-state index is 0.186. The number of rotatable bonds is 7. The Morgan fingerprint density at radius 2 is 2.19 bits per heavy atom. The van der Waals surface area contributed by atoms with Crippen LogP contribution in [0.3, 0.4) is 0 Å². The second-order valence-electron chi connectivity index (χ2n) is 5.87. The molecule has 1 N–H and O–H groups in total. The summed E-state index contributed by atoms with van der Waals surface area (Å²) in [5.74, 6) is 0.244. The van der Waals surface area contributed by atoms with Crippen LogP contribution in [-0.2, 0) is 11.3 Å². The first kappa shape index (κ1) is 18.2. The number of hydrogen-bond donors (Lipinski definition) is 1. The fourth-order valence-corrected chi connectivity index (χ4v) is 3.24. The summed E-state index contributed by atoms with van der Waals surface area (Å²) in [5.41, 5.74) is 0.960. The number of hydrogen-bond acceptors (Lipinski definition) is 6. The third-order valence-electron chi connectivity index (χ3n) is 3.91. The van der Waals surface area contributed by atoms with E-state index in [0.29, 0.717) is 29.6 Å². The minimum Gasteiger partial charge on any atom is -0.497 e. The molecular weight excluding hydrogens is 354 g/mol. The number of urea groups is 1. The number of nitrogens with one attached hydrogen (secondary N) is 1. The van der Waals surface area contributed by atoms with Gasteiger partial charge >= 0.3 is 12.0 Å². The quantitative estimate of drug-likeness (QED) is 0.749. The van der Waals surface area contributed by atoms with Crippen LogP contribution in [-0.4, -0.2) is 41.6 Å². The number of benzene rings is 1. The monoisotopic (exact) mass is 375 g/mol. The normalized spacial score (nSPS) is 13.2. The van der Waals surface area contributed by atoms with Crippen molar-refractivity contribution in [3.8, 4) is 5.75 Å². The van der Waals surface area contributed by atoms with Crippen LogP contribution in [0.25, 0.3) is 0 Å². The third-order valence-corrected chi connectivity index (χ3v) is 4.75. The molecule has 1 aliphatic rings. The van der Waals surface area contributed by atoms with Crippen LogP contribution in [0.5, 0.6) is 5.75 Å². The molecule has 1 fully saturated rings. The van der Waals surface area contributed by atoms with Gasteiger partial charge < -0.3 is 19.7 Å². The summed E-state index contributed by atoms with van der Waals surface area (Å²) >= 11 is 1.35. The van der Waals surface area contributed by atoms with Crippen molar-refractivity contribution in [1.29, 1.82) is 0 Å². The number of esters is 1. The van der Waals surface area contributed by atoms with Gasteiger partial charge in [0.25, 0.3) is 0 Å². The van der Waals surface area contributed by atoms with Crippen molar-refractivity contribution in [1.82, 2.24) is 9.88 Å². The first-order valence-corrected chi connectivity index (χ1v) is 9.32. The first-order valence-electron chi connectivity index (χ1n) is 8.44. The zero-order chi connectivity index (χ0) is 18.5. The maximum atomic E-state index is 12.7. The summed E-state index contributed by atoms with van der Waals surface area (Å²) in [7, 11) is 1.58. The number of anilines is 1. The molecule has 0 atom stereocenters. The maximum absolute atomic E-state index is 12.7. The topological polar surface area (TPSA) is 80.8 Å². The van der Waals surface area contributed by atoms with Crippen LogP contribution in [0.4, 0.5) is 10.5 Å². The molecule has 138 valence electrons. The molecule has 0 unspecified atom stereocenters. The number of nitrogens with zero attached hydrogens (tertiary/aromatic N) is 2. The highest BCUT2D eigenvalue weighted by molar-refractivity contribution is 7.09. The van der Waals surface area contributed by atoms with Crippen LogP contribution in [0.15, 0.2) is 29.6 Å². The fraction of sp³-hybridized carbons (Fsp3) is 0.389. The SMILES string of the molecule is CCOC(=O)c1csc(CN(C(=O)Nc2cccc(OC)c2)C2CC2)n1. The zero-order valence-corrected chi connectivity index (χ0v) is 15.5. The van der Waals surface area contributed by atoms with E-state index >= 15 is 0 Å². The van der Waals surface area contributed by atoms with Gasteiger partial charge in [-0.1, -0.05) is 6.07 Å². The second-order valence-corrected chi connectivity index (χ2v) is 6.81. The Hall–Kier alpha value is -2.61. The molecule has 2 aromatic rings. The van der Waals surface area contributed by atoms with Gasteiger partial charge in [0, 0.05) is 23.2 Å². The second kappa shape index (κ2) is 8.18. The Bertz CT molecular complexity index is 788. The molecule has 0 radical (unpaired) electrons. The molecule has 3 rings (SSSR count). The molecule has 1 heterocycles. The van der Waals surface area contributed by atoms with E-state index in [4.69, 9.17) is 9.47 Å². The molecule has 26 heavy (non-hydrogen) atoms. The van der Waals surface area contributed by atoms with Crippen molar-refractivity contribution in [2.45, 2.75) is 32.4 Å². The molecule has 7 nitrogen and oxygen atoms in total. The maximum Gasteiger partial charge on any atom is 0.357 e. The van der Waals surface area contributed by atoms with Crippen molar-refractivity contribution in [3.63, 3.8) is 0 Å². The van der Waals surface area contributed by atoms with Gasteiger partial charge in [0.2, 0.25) is 0 Å². The summed E-state index contributed by atoms with van der Waals surface area (Å²) in [6.07, 6.45) is 1.95. The smallest absolute Gasteiger partial charge is 0.357 e. The van der Waals surface area contributed by atoms with Gasteiger partial charge in [0.1, 0.15) is 10.8 Å². The highest BCUT2D eigenvalue weighted by Crippen LogP contribution is 2.30. The van der Waals surface area contributed by atoms with Crippen LogP contribution in [0.2, 0.25) is 0 Å². The van der Waals surface area contributed by atoms with Gasteiger partial charge in [0.05, 0.1) is 20.3 Å². The number of thiazole rings is 1. The van der Waals surface area contributed by atoms with E-state index in [1.807, 2.05) is 18.2 Å². The zero-order valence-electron chi connectivity index (χ0n) is 14.7. The Morgan fingerprint density at radius 3 is 2.88 bits per heavy atom. The molecule has 0 bridgehead atoms. The van der Waals surface area contributed by atoms with Crippen LogP contribution in [0.1, 0.15) is 35.3 Å². The third kappa shape index (κ3) is 4.51. The van der Waals surface area contributed by atoms with Gasteiger partial charge in [-0.3, -0.25) is 0 Å². The Kier molecular flexibility index (Phi) is 5.72. The Labute approximate surface area is 155 Å². The lowest BCUT2D eigenvalue weighted by Crippen LogP contribution is -2.36. The van der Waals surface area contributed by atoms with E-state index in [1.165, 1.54) is 11.3 Å². The largest absolute Gasteiger partial charge is 0.497 e. The first-order chi connectivity index (χ1) is 12.6. The number of methoxy groups -OCH3 is 1. The predicted octanol–water partition coefficient (Wildman–Crippen LogP) is 3.52. The highest BCUT2D eigenvalue weighted by atomic mass is 32.1. The Balaban J connectivity index is 1.67. The van der Waals surface area contributed by atoms with E-state index in [0.717, 1.165) is 12.8 Å². The lowest BCUT2D eigenvalue weighted by atomic mass is 10.3. The van der Waals surface area contributed by atoms with Crippen LogP contribution in [0, 0.1) is 0 Å². The minimum atomic E-state index is -0.436. The van der Waals surface area contributed by atoms with E-state index in [2.05, 4.69) is 10.3 Å². The number of aromatic nitrogens is 1. The van der Waals surface area contributed by atoms with Crippen molar-refractivity contribution in [3.05, 3.63) is 40.3 Å². The number of carbonyl (C=O) groups excluding carboxylic acids is 2. The van der Waals surface area contributed by atoms with Crippen molar-refractivity contribution in [2.24, 2.45) is 0 Å². The molecule has 0 aliphatic heterocycles. The predicted molar refractivity (Wildman–Crippen MR) is 98.6 cm³/mol. The average Bonchev–Trinajstić information content (AvgIpc) is 3.37. The van der Waals surface area contributed by atoms with Crippen molar-refractivity contribution >= 4 is 29.0 Å². The summed E-state index contributed by atoms with van der Waals surface area (Å²) in [6, 6.07) is 7.24. The Morgan fingerprint density at radius 1 is 1.38 bits per heavy atom. The van der Waals surface area contributed by atoms with Crippen LogP contribution >= 0.6 is 11.3 Å². The average molecular weight is 375 g/mol. The van der Waals surface area contributed by atoms with Crippen molar-refractivity contribution < 1.29 is 19.1 Å². The van der Waals surface area contributed by atoms with Gasteiger partial charge in [0.15, 0.2) is 5.69 Å². The summed E-state index contributed by atoms with van der Waals surface area (Å²) in [4.78, 5) is 30.5. The molecule has 1 aromatic heterocycles. The van der Waals surface area contributed by atoms with E-state index in [9.17, 15) is 9.59 Å².